The standard InChI is InChI=1S/C7H14N2O/c1-5-6(2)8-9(4)7(3)10/h5H2,1-4H3/b8-6+. The molecule has 0 bridgehead atoms. The fourth-order valence-electron chi connectivity index (χ4n) is 0.397. The molecule has 0 fully saturated rings. The minimum atomic E-state index is -0.0344. The van der Waals surface area contributed by atoms with Crippen LogP contribution in [0.3, 0.4) is 0 Å². The lowest BCUT2D eigenvalue weighted by Gasteiger charge is -2.07. The number of amides is 1. The van der Waals surface area contributed by atoms with Crippen molar-refractivity contribution in [3.05, 3.63) is 0 Å². The van der Waals surface area contributed by atoms with Gasteiger partial charge in [-0.1, -0.05) is 6.92 Å². The molecule has 0 atom stereocenters. The van der Waals surface area contributed by atoms with Crippen molar-refractivity contribution >= 4 is 11.6 Å². The first kappa shape index (κ1) is 9.14. The second-order valence-corrected chi connectivity index (χ2v) is 2.23. The summed E-state index contributed by atoms with van der Waals surface area (Å²) in [5.41, 5.74) is 0.970. The minimum Gasteiger partial charge on any atom is -0.273 e. The van der Waals surface area contributed by atoms with E-state index in [9.17, 15) is 4.79 Å². The first-order valence-corrected chi connectivity index (χ1v) is 3.36. The molecule has 0 aliphatic heterocycles. The zero-order valence-electron chi connectivity index (χ0n) is 7.01. The number of hydrogen-bond acceptors (Lipinski definition) is 2. The van der Waals surface area contributed by atoms with Crippen LogP contribution in [0.5, 0.6) is 0 Å². The molecular weight excluding hydrogens is 128 g/mol. The van der Waals surface area contributed by atoms with E-state index in [0.29, 0.717) is 0 Å². The molecule has 3 nitrogen and oxygen atoms in total. The molecule has 0 aliphatic rings. The van der Waals surface area contributed by atoms with Crippen LogP contribution in [0, 0.1) is 0 Å². The Bertz CT molecular complexity index is 152. The van der Waals surface area contributed by atoms with E-state index in [2.05, 4.69) is 5.10 Å². The van der Waals surface area contributed by atoms with E-state index in [1.807, 2.05) is 13.8 Å². The topological polar surface area (TPSA) is 32.7 Å². The fraction of sp³-hybridized carbons (Fsp3) is 0.714. The largest absolute Gasteiger partial charge is 0.273 e. The van der Waals surface area contributed by atoms with E-state index in [1.54, 1.807) is 7.05 Å². The quantitative estimate of drug-likeness (QED) is 0.422. The highest BCUT2D eigenvalue weighted by molar-refractivity contribution is 5.83. The third kappa shape index (κ3) is 3.22. The van der Waals surface area contributed by atoms with Crippen LogP contribution < -0.4 is 0 Å². The molecule has 3 heteroatoms. The molecule has 0 radical (unpaired) electrons. The summed E-state index contributed by atoms with van der Waals surface area (Å²) in [7, 11) is 1.65. The average molecular weight is 142 g/mol. The van der Waals surface area contributed by atoms with E-state index in [1.165, 1.54) is 11.9 Å². The molecule has 0 saturated heterocycles. The van der Waals surface area contributed by atoms with Crippen LogP contribution in [0.25, 0.3) is 0 Å². The summed E-state index contributed by atoms with van der Waals surface area (Å²) in [4.78, 5) is 10.6. The van der Waals surface area contributed by atoms with Gasteiger partial charge in [-0.3, -0.25) is 4.79 Å². The minimum absolute atomic E-state index is 0.0344. The van der Waals surface area contributed by atoms with Crippen molar-refractivity contribution in [2.24, 2.45) is 5.10 Å². The molecule has 0 N–H and O–H groups in total. The summed E-state index contributed by atoms with van der Waals surface area (Å²) >= 11 is 0. The van der Waals surface area contributed by atoms with E-state index >= 15 is 0 Å². The highest BCUT2D eigenvalue weighted by Gasteiger charge is 1.97. The van der Waals surface area contributed by atoms with Gasteiger partial charge < -0.3 is 0 Å². The number of rotatable bonds is 2. The second-order valence-electron chi connectivity index (χ2n) is 2.23. The molecule has 0 saturated carbocycles. The maximum absolute atomic E-state index is 10.6. The first-order valence-electron chi connectivity index (χ1n) is 3.36. The Labute approximate surface area is 61.7 Å². The summed E-state index contributed by atoms with van der Waals surface area (Å²) in [5, 5.41) is 5.34. The Balaban J connectivity index is 3.99. The van der Waals surface area contributed by atoms with Crippen LogP contribution in [-0.4, -0.2) is 23.7 Å². The second kappa shape index (κ2) is 4.04. The molecule has 1 amide bonds. The number of hydrogen-bond donors (Lipinski definition) is 0. The van der Waals surface area contributed by atoms with Gasteiger partial charge in [-0.25, -0.2) is 5.01 Å². The SMILES string of the molecule is CC/C(C)=N/N(C)C(C)=O. The van der Waals surface area contributed by atoms with Gasteiger partial charge >= 0.3 is 0 Å². The van der Waals surface area contributed by atoms with Crippen LogP contribution in [0.15, 0.2) is 5.10 Å². The average Bonchev–Trinajstić information content (AvgIpc) is 1.87. The summed E-state index contributed by atoms with van der Waals surface area (Å²) < 4.78 is 0. The Morgan fingerprint density at radius 3 is 2.30 bits per heavy atom. The van der Waals surface area contributed by atoms with Crippen LogP contribution >= 0.6 is 0 Å². The number of hydrazone groups is 1. The molecule has 0 aromatic rings. The number of carbonyl (C=O) groups excluding carboxylic acids is 1. The molecule has 0 heterocycles. The lowest BCUT2D eigenvalue weighted by Crippen LogP contribution is -2.18. The van der Waals surface area contributed by atoms with Gasteiger partial charge in [0.1, 0.15) is 0 Å². The van der Waals surface area contributed by atoms with Crippen molar-refractivity contribution in [2.45, 2.75) is 27.2 Å². The van der Waals surface area contributed by atoms with Crippen molar-refractivity contribution in [3.63, 3.8) is 0 Å². The zero-order chi connectivity index (χ0) is 8.15. The Kier molecular flexibility index (Phi) is 3.69. The lowest BCUT2D eigenvalue weighted by molar-refractivity contribution is -0.127. The van der Waals surface area contributed by atoms with Crippen molar-refractivity contribution in [1.82, 2.24) is 5.01 Å². The van der Waals surface area contributed by atoms with Gasteiger partial charge in [0, 0.05) is 19.7 Å². The smallest absolute Gasteiger partial charge is 0.239 e. The fourth-order valence-corrected chi connectivity index (χ4v) is 0.397. The molecule has 0 aromatic carbocycles. The molecule has 0 aliphatic carbocycles. The van der Waals surface area contributed by atoms with Crippen molar-refractivity contribution in [1.29, 1.82) is 0 Å². The number of carbonyl (C=O) groups is 1. The van der Waals surface area contributed by atoms with E-state index in [4.69, 9.17) is 0 Å². The van der Waals surface area contributed by atoms with Crippen LogP contribution in [-0.2, 0) is 4.79 Å². The van der Waals surface area contributed by atoms with E-state index in [0.717, 1.165) is 12.1 Å². The van der Waals surface area contributed by atoms with E-state index < -0.39 is 0 Å². The highest BCUT2D eigenvalue weighted by Crippen LogP contribution is 1.89. The van der Waals surface area contributed by atoms with Crippen LogP contribution in [0.2, 0.25) is 0 Å². The Morgan fingerprint density at radius 1 is 1.50 bits per heavy atom. The molecule has 0 unspecified atom stereocenters. The third-order valence-electron chi connectivity index (χ3n) is 1.29. The Hall–Kier alpha value is -0.860. The molecular formula is C7H14N2O. The molecule has 0 spiro atoms. The normalized spacial score (nSPS) is 11.4. The van der Waals surface area contributed by atoms with Crippen molar-refractivity contribution in [3.8, 4) is 0 Å². The maximum Gasteiger partial charge on any atom is 0.239 e. The first-order chi connectivity index (χ1) is 4.57. The summed E-state index contributed by atoms with van der Waals surface area (Å²) in [6.07, 6.45) is 0.887. The molecule has 10 heavy (non-hydrogen) atoms. The lowest BCUT2D eigenvalue weighted by atomic mass is 10.3. The maximum atomic E-state index is 10.6. The highest BCUT2D eigenvalue weighted by atomic mass is 16.2. The van der Waals surface area contributed by atoms with Crippen LogP contribution in [0.4, 0.5) is 0 Å². The van der Waals surface area contributed by atoms with E-state index in [-0.39, 0.29) is 5.91 Å². The molecule has 58 valence electrons. The van der Waals surface area contributed by atoms with Gasteiger partial charge in [0.05, 0.1) is 0 Å². The van der Waals surface area contributed by atoms with Gasteiger partial charge in [0.2, 0.25) is 5.91 Å². The summed E-state index contributed by atoms with van der Waals surface area (Å²) in [6.45, 7) is 5.40. The Morgan fingerprint density at radius 2 is 2.00 bits per heavy atom. The third-order valence-corrected chi connectivity index (χ3v) is 1.29. The van der Waals surface area contributed by atoms with Crippen molar-refractivity contribution in [2.75, 3.05) is 7.05 Å². The summed E-state index contributed by atoms with van der Waals surface area (Å²) in [6, 6.07) is 0. The number of nitrogens with zero attached hydrogens (tertiary/aromatic N) is 2. The van der Waals surface area contributed by atoms with Crippen LogP contribution in [0.1, 0.15) is 27.2 Å². The molecule has 0 rings (SSSR count). The predicted octanol–water partition coefficient (Wildman–Crippen LogP) is 1.25. The monoisotopic (exact) mass is 142 g/mol. The van der Waals surface area contributed by atoms with Crippen molar-refractivity contribution < 1.29 is 4.79 Å². The predicted molar refractivity (Wildman–Crippen MR) is 41.8 cm³/mol. The zero-order valence-corrected chi connectivity index (χ0v) is 7.01. The van der Waals surface area contributed by atoms with Gasteiger partial charge in [-0.15, -0.1) is 0 Å². The molecule has 0 aromatic heterocycles. The van der Waals surface area contributed by atoms with Gasteiger partial charge in [-0.2, -0.15) is 5.10 Å². The summed E-state index contributed by atoms with van der Waals surface area (Å²) in [5.74, 6) is -0.0344. The van der Waals surface area contributed by atoms with Gasteiger partial charge in [0.25, 0.3) is 0 Å². The van der Waals surface area contributed by atoms with Gasteiger partial charge in [-0.05, 0) is 13.3 Å². The van der Waals surface area contributed by atoms with Gasteiger partial charge in [0.15, 0.2) is 0 Å².